The van der Waals surface area contributed by atoms with Crippen molar-refractivity contribution in [3.05, 3.63) is 145 Å². The third-order valence-electron chi connectivity index (χ3n) is 10.4. The van der Waals surface area contributed by atoms with Crippen molar-refractivity contribution in [2.45, 2.75) is 19.8 Å². The zero-order chi connectivity index (χ0) is 46.4. The van der Waals surface area contributed by atoms with Gasteiger partial charge in [0.25, 0.3) is 0 Å². The molecule has 66 heavy (non-hydrogen) atoms. The van der Waals surface area contributed by atoms with Gasteiger partial charge in [-0.25, -0.2) is 19.9 Å². The van der Waals surface area contributed by atoms with Crippen molar-refractivity contribution >= 4 is 105 Å². The molecule has 18 heteroatoms. The van der Waals surface area contributed by atoms with Crippen LogP contribution in [0.1, 0.15) is 0 Å². The molecule has 2 saturated heterocycles. The molecule has 0 atom stereocenters. The van der Waals surface area contributed by atoms with Crippen LogP contribution in [0.4, 0.5) is 46.0 Å². The Labute approximate surface area is 403 Å². The average molecular weight is 962 g/mol. The summed E-state index contributed by atoms with van der Waals surface area (Å²) in [4.78, 5) is 52.1. The summed E-state index contributed by atoms with van der Waals surface area (Å²) in [6.07, 6.45) is 5.63. The highest BCUT2D eigenvalue weighted by atomic mass is 35.5. The molecule has 0 radical (unpaired) electrons. The molecule has 0 bridgehead atoms. The van der Waals surface area contributed by atoms with Crippen LogP contribution >= 0.6 is 46.7 Å². The Morgan fingerprint density at radius 3 is 1.30 bits per heavy atom. The first-order valence-electron chi connectivity index (χ1n) is 21.1. The number of aromatic nitrogens is 4. The number of likely N-dealkylation sites (N-methyl/N-ethyl adjacent to an activating group) is 2. The van der Waals surface area contributed by atoms with Gasteiger partial charge in [-0.05, 0) is 111 Å². The number of amides is 2. The first-order valence-corrected chi connectivity index (χ1v) is 23.5. The number of anilines is 8. The molecule has 340 valence electrons. The summed E-state index contributed by atoms with van der Waals surface area (Å²) >= 11 is 15.5. The molecule has 4 N–H and O–H groups in total. The average Bonchev–Trinajstić information content (AvgIpc) is 3.32. The third kappa shape index (κ3) is 13.9. The van der Waals surface area contributed by atoms with E-state index in [4.69, 9.17) is 23.2 Å². The molecule has 0 aliphatic carbocycles. The Bertz CT molecular complexity index is 2440. The van der Waals surface area contributed by atoms with Crippen LogP contribution < -0.4 is 31.1 Å². The lowest BCUT2D eigenvalue weighted by Gasteiger charge is -2.34. The van der Waals surface area contributed by atoms with Crippen molar-refractivity contribution in [1.82, 2.24) is 29.7 Å². The summed E-state index contributed by atoms with van der Waals surface area (Å²) in [6, 6.07) is 31.5. The van der Waals surface area contributed by atoms with Crippen LogP contribution in [0.5, 0.6) is 0 Å². The number of carbonyl (C=O) groups excluding carboxylic acids is 2. The number of carbonyl (C=O) groups is 2. The van der Waals surface area contributed by atoms with Crippen LogP contribution in [0.2, 0.25) is 10.0 Å². The zero-order valence-corrected chi connectivity index (χ0v) is 39.7. The highest BCUT2D eigenvalue weighted by Gasteiger charge is 2.17. The van der Waals surface area contributed by atoms with Crippen molar-refractivity contribution in [3.8, 4) is 0 Å². The van der Waals surface area contributed by atoms with E-state index in [2.05, 4.69) is 112 Å². The number of halogens is 2. The monoisotopic (exact) mass is 960 g/mol. The van der Waals surface area contributed by atoms with Crippen molar-refractivity contribution in [2.24, 2.45) is 0 Å². The number of nitrogens with zero attached hydrogens (tertiary/aromatic N) is 8. The summed E-state index contributed by atoms with van der Waals surface area (Å²) in [5.74, 6) is 0.403. The number of hydrogen-bond donors (Lipinski definition) is 4. The van der Waals surface area contributed by atoms with Gasteiger partial charge < -0.3 is 40.9 Å². The first-order chi connectivity index (χ1) is 32.0. The minimum absolute atomic E-state index is 0.262. The minimum Gasteiger partial charge on any atom is -0.369 e. The van der Waals surface area contributed by atoms with E-state index in [9.17, 15) is 9.59 Å². The standard InChI is InChI=1S/2C24H25ClN6OS/c2*1-3-22(32)27-18-5-4-6-20(15-18)33-23-21(25)16-26-24(29-23)28-17-7-9-19(10-8-17)31-13-11-30(2)12-14-31/h2*3-10,15-16H,1,11-14H2,2H3,(H,27,32)(H,26,28,29). The van der Waals surface area contributed by atoms with Gasteiger partial charge in [-0.1, -0.05) is 72.0 Å². The summed E-state index contributed by atoms with van der Waals surface area (Å²) in [5.41, 5.74) is 5.58. The van der Waals surface area contributed by atoms with E-state index in [1.165, 1.54) is 47.1 Å². The molecular weight excluding hydrogens is 912 g/mol. The van der Waals surface area contributed by atoms with Gasteiger partial charge in [0.15, 0.2) is 0 Å². The Morgan fingerprint density at radius 1 is 0.561 bits per heavy atom. The van der Waals surface area contributed by atoms with Crippen molar-refractivity contribution < 1.29 is 9.59 Å². The van der Waals surface area contributed by atoms with Crippen LogP contribution in [-0.4, -0.2) is 108 Å². The maximum absolute atomic E-state index is 11.6. The Hall–Kier alpha value is -6.14. The van der Waals surface area contributed by atoms with Crippen LogP contribution in [-0.2, 0) is 9.59 Å². The molecule has 2 amide bonds. The molecule has 0 unspecified atom stereocenters. The highest BCUT2D eigenvalue weighted by molar-refractivity contribution is 7.99. The van der Waals surface area contributed by atoms with Crippen molar-refractivity contribution in [3.63, 3.8) is 0 Å². The topological polar surface area (TPSA) is 147 Å². The van der Waals surface area contributed by atoms with E-state index in [1.54, 1.807) is 12.4 Å². The van der Waals surface area contributed by atoms with Gasteiger partial charge in [-0.3, -0.25) is 9.59 Å². The molecule has 2 aliphatic rings. The second-order valence-corrected chi connectivity index (χ2v) is 18.2. The number of hydrogen-bond acceptors (Lipinski definition) is 14. The Kier molecular flexibility index (Phi) is 16.9. The zero-order valence-electron chi connectivity index (χ0n) is 36.6. The van der Waals surface area contributed by atoms with Crippen molar-refractivity contribution in [2.75, 3.05) is 97.5 Å². The lowest BCUT2D eigenvalue weighted by molar-refractivity contribution is -0.112. The maximum atomic E-state index is 11.6. The fourth-order valence-corrected chi connectivity index (χ4v) is 8.84. The van der Waals surface area contributed by atoms with Crippen LogP contribution in [0.3, 0.4) is 0 Å². The van der Waals surface area contributed by atoms with Crippen LogP contribution in [0.25, 0.3) is 0 Å². The van der Waals surface area contributed by atoms with Gasteiger partial charge in [0.05, 0.1) is 22.4 Å². The molecule has 2 aliphatic heterocycles. The van der Waals surface area contributed by atoms with E-state index in [0.717, 1.165) is 73.5 Å². The molecule has 14 nitrogen and oxygen atoms in total. The predicted octanol–water partition coefficient (Wildman–Crippen LogP) is 9.80. The summed E-state index contributed by atoms with van der Waals surface area (Å²) in [6.45, 7) is 15.4. The van der Waals surface area contributed by atoms with Gasteiger partial charge in [-0.15, -0.1) is 0 Å². The molecule has 0 saturated carbocycles. The van der Waals surface area contributed by atoms with Crippen LogP contribution in [0, 0.1) is 0 Å². The number of rotatable bonds is 14. The normalized spacial score (nSPS) is 14.1. The maximum Gasteiger partial charge on any atom is 0.247 e. The van der Waals surface area contributed by atoms with Gasteiger partial charge in [-0.2, -0.15) is 0 Å². The number of nitrogens with one attached hydrogen (secondary N) is 4. The number of piperazine rings is 2. The molecule has 4 heterocycles. The second-order valence-electron chi connectivity index (χ2n) is 15.3. The quantitative estimate of drug-likeness (QED) is 0.0607. The van der Waals surface area contributed by atoms with Gasteiger partial charge in [0, 0.05) is 96.3 Å². The molecule has 6 aromatic rings. The van der Waals surface area contributed by atoms with Gasteiger partial charge in [0.2, 0.25) is 23.7 Å². The fourth-order valence-electron chi connectivity index (χ4n) is 6.75. The second kappa shape index (κ2) is 23.4. The fraction of sp³-hybridized carbons (Fsp3) is 0.208. The number of benzene rings is 4. The van der Waals surface area contributed by atoms with Gasteiger partial charge in [0.1, 0.15) is 10.1 Å². The Balaban J connectivity index is 0.000000196. The molecular formula is C48H50Cl2N12O2S2. The molecule has 8 rings (SSSR count). The minimum atomic E-state index is -0.262. The molecule has 2 aromatic heterocycles. The molecule has 0 spiro atoms. The largest absolute Gasteiger partial charge is 0.369 e. The van der Waals surface area contributed by atoms with E-state index < -0.39 is 0 Å². The first kappa shape index (κ1) is 47.8. The summed E-state index contributed by atoms with van der Waals surface area (Å²) in [7, 11) is 4.31. The summed E-state index contributed by atoms with van der Waals surface area (Å²) in [5, 5.41) is 14.2. The van der Waals surface area contributed by atoms with Gasteiger partial charge >= 0.3 is 0 Å². The third-order valence-corrected chi connectivity index (χ3v) is 13.2. The van der Waals surface area contributed by atoms with E-state index in [1.807, 2.05) is 72.8 Å². The Morgan fingerprint density at radius 2 is 0.939 bits per heavy atom. The summed E-state index contributed by atoms with van der Waals surface area (Å²) < 4.78 is 0. The van der Waals surface area contributed by atoms with Crippen molar-refractivity contribution in [1.29, 1.82) is 0 Å². The highest BCUT2D eigenvalue weighted by Crippen LogP contribution is 2.35. The SMILES string of the molecule is C=CC(=O)Nc1cccc(Sc2nc(Nc3ccc(N4CCN(C)CC4)cc3)ncc2Cl)c1.C=CC(=O)Nc1cccc(Sc2nc(Nc3ccc(N4CCN(C)CC4)cc3)ncc2Cl)c1. The van der Waals surface area contributed by atoms with E-state index in [-0.39, 0.29) is 11.8 Å². The van der Waals surface area contributed by atoms with E-state index >= 15 is 0 Å². The van der Waals surface area contributed by atoms with Crippen LogP contribution in [0.15, 0.2) is 155 Å². The predicted molar refractivity (Wildman–Crippen MR) is 272 cm³/mol. The lowest BCUT2D eigenvalue weighted by atomic mass is 10.2. The molecule has 2 fully saturated rings. The smallest absolute Gasteiger partial charge is 0.247 e. The van der Waals surface area contributed by atoms with E-state index in [0.29, 0.717) is 43.4 Å². The molecule has 4 aromatic carbocycles. The lowest BCUT2D eigenvalue weighted by Crippen LogP contribution is -2.44.